The van der Waals surface area contributed by atoms with Crippen molar-refractivity contribution in [2.45, 2.75) is 20.3 Å². The number of benzene rings is 3. The van der Waals surface area contributed by atoms with E-state index in [1.165, 1.54) is 17.3 Å². The Balaban J connectivity index is 1.55. The van der Waals surface area contributed by atoms with Crippen LogP contribution in [-0.4, -0.2) is 36.6 Å². The van der Waals surface area contributed by atoms with Crippen molar-refractivity contribution >= 4 is 45.5 Å². The number of fused-ring (bicyclic) bond motifs is 1. The van der Waals surface area contributed by atoms with Crippen LogP contribution in [0.4, 0.5) is 17.1 Å². The van der Waals surface area contributed by atoms with Gasteiger partial charge in [0.15, 0.2) is 0 Å². The maximum atomic E-state index is 12.8. The molecule has 0 aromatic heterocycles. The predicted molar refractivity (Wildman–Crippen MR) is 141 cm³/mol. The van der Waals surface area contributed by atoms with E-state index in [0.29, 0.717) is 23.6 Å². The summed E-state index contributed by atoms with van der Waals surface area (Å²) >= 11 is 1.42. The number of hydrogen-bond donors (Lipinski definition) is 1. The first-order chi connectivity index (χ1) is 16.5. The number of methoxy groups -OCH3 is 2. The fraction of sp³-hybridized carbons (Fsp3) is 0.222. The van der Waals surface area contributed by atoms with Gasteiger partial charge in [-0.3, -0.25) is 9.79 Å². The molecule has 174 valence electrons. The summed E-state index contributed by atoms with van der Waals surface area (Å²) in [5.41, 5.74) is 6.60. The van der Waals surface area contributed by atoms with Crippen molar-refractivity contribution in [3.63, 3.8) is 0 Å². The number of hydrogen-bond acceptors (Lipinski definition) is 6. The fourth-order valence-electron chi connectivity index (χ4n) is 3.58. The van der Waals surface area contributed by atoms with E-state index in [9.17, 15) is 4.79 Å². The predicted octanol–water partition coefficient (Wildman–Crippen LogP) is 6.25. The van der Waals surface area contributed by atoms with E-state index < -0.39 is 0 Å². The van der Waals surface area contributed by atoms with Crippen LogP contribution >= 0.6 is 11.8 Å². The minimum atomic E-state index is -0.140. The standard InChI is InChI=1S/C27H27N3O3S/c1-17-12-23-24(13-18(17)2)30-27(15-22(28-23)19-8-6-5-7-9-19)34-16-26(31)29-21-11-10-20(32-3)14-25(21)33-4/h5-14H,15-16H2,1-4H3,(H,29,31). The van der Waals surface area contributed by atoms with Crippen molar-refractivity contribution < 1.29 is 14.3 Å². The summed E-state index contributed by atoms with van der Waals surface area (Å²) in [5.74, 6) is 1.28. The zero-order valence-electron chi connectivity index (χ0n) is 19.7. The van der Waals surface area contributed by atoms with Gasteiger partial charge in [-0.2, -0.15) is 0 Å². The molecular weight excluding hydrogens is 446 g/mol. The van der Waals surface area contributed by atoms with E-state index in [2.05, 4.69) is 43.4 Å². The van der Waals surface area contributed by atoms with Crippen molar-refractivity contribution in [1.82, 2.24) is 0 Å². The third-order valence-corrected chi connectivity index (χ3v) is 6.55. The van der Waals surface area contributed by atoms with E-state index in [-0.39, 0.29) is 11.7 Å². The molecule has 1 aliphatic rings. The summed E-state index contributed by atoms with van der Waals surface area (Å²) in [7, 11) is 3.15. The Bertz CT molecular complexity index is 1270. The topological polar surface area (TPSA) is 72.3 Å². The van der Waals surface area contributed by atoms with Crippen LogP contribution in [0.2, 0.25) is 0 Å². The molecule has 0 radical (unpaired) electrons. The molecule has 34 heavy (non-hydrogen) atoms. The third-order valence-electron chi connectivity index (χ3n) is 5.57. The Labute approximate surface area is 204 Å². The van der Waals surface area contributed by atoms with Crippen molar-refractivity contribution in [2.75, 3.05) is 25.3 Å². The van der Waals surface area contributed by atoms with Gasteiger partial charge in [-0.1, -0.05) is 30.3 Å². The van der Waals surface area contributed by atoms with E-state index in [1.54, 1.807) is 32.4 Å². The molecule has 0 bridgehead atoms. The molecule has 7 heteroatoms. The van der Waals surface area contributed by atoms with Crippen molar-refractivity contribution in [1.29, 1.82) is 0 Å². The summed E-state index contributed by atoms with van der Waals surface area (Å²) in [4.78, 5) is 22.6. The van der Waals surface area contributed by atoms with E-state index >= 15 is 0 Å². The van der Waals surface area contributed by atoms with Gasteiger partial charge in [0.05, 0.1) is 47.8 Å². The smallest absolute Gasteiger partial charge is 0.234 e. The quantitative estimate of drug-likeness (QED) is 0.459. The number of rotatable bonds is 6. The highest BCUT2D eigenvalue weighted by Crippen LogP contribution is 2.36. The highest BCUT2D eigenvalue weighted by atomic mass is 32.2. The number of amides is 1. The first kappa shape index (κ1) is 23.6. The van der Waals surface area contributed by atoms with Crippen LogP contribution in [0.25, 0.3) is 0 Å². The summed E-state index contributed by atoms with van der Waals surface area (Å²) in [6.45, 7) is 4.15. The molecule has 0 atom stereocenters. The lowest BCUT2D eigenvalue weighted by Gasteiger charge is -2.12. The molecule has 3 aromatic rings. The van der Waals surface area contributed by atoms with Gasteiger partial charge in [-0.15, -0.1) is 11.8 Å². The molecule has 1 heterocycles. The number of aliphatic imine (C=N–C) groups is 2. The number of aryl methyl sites for hydroxylation is 2. The van der Waals surface area contributed by atoms with Crippen molar-refractivity contribution in [3.05, 3.63) is 77.4 Å². The van der Waals surface area contributed by atoms with Crippen molar-refractivity contribution in [3.8, 4) is 11.5 Å². The van der Waals surface area contributed by atoms with Gasteiger partial charge in [0, 0.05) is 12.5 Å². The van der Waals surface area contributed by atoms with Gasteiger partial charge in [0.2, 0.25) is 5.91 Å². The van der Waals surface area contributed by atoms with E-state index in [0.717, 1.165) is 33.3 Å². The number of anilines is 1. The minimum absolute atomic E-state index is 0.140. The van der Waals surface area contributed by atoms with Crippen LogP contribution in [-0.2, 0) is 4.79 Å². The molecule has 4 rings (SSSR count). The second kappa shape index (κ2) is 10.6. The van der Waals surface area contributed by atoms with Crippen LogP contribution < -0.4 is 14.8 Å². The van der Waals surface area contributed by atoms with Crippen molar-refractivity contribution in [2.24, 2.45) is 9.98 Å². The first-order valence-corrected chi connectivity index (χ1v) is 11.9. The average Bonchev–Trinajstić information content (AvgIpc) is 3.03. The molecule has 0 fully saturated rings. The Morgan fingerprint density at radius 3 is 2.32 bits per heavy atom. The summed E-state index contributed by atoms with van der Waals surface area (Å²) in [5, 5.41) is 3.77. The van der Waals surface area contributed by atoms with Gasteiger partial charge in [0.1, 0.15) is 11.5 Å². The molecule has 1 N–H and O–H groups in total. The minimum Gasteiger partial charge on any atom is -0.497 e. The van der Waals surface area contributed by atoms with Gasteiger partial charge < -0.3 is 14.8 Å². The van der Waals surface area contributed by atoms with Crippen LogP contribution in [0.5, 0.6) is 11.5 Å². The van der Waals surface area contributed by atoms with Gasteiger partial charge in [0.25, 0.3) is 0 Å². The molecule has 6 nitrogen and oxygen atoms in total. The molecule has 0 spiro atoms. The number of thioether (sulfide) groups is 1. The summed E-state index contributed by atoms with van der Waals surface area (Å²) in [6.07, 6.45) is 0.556. The van der Waals surface area contributed by atoms with Crippen LogP contribution in [0.3, 0.4) is 0 Å². The van der Waals surface area contributed by atoms with E-state index in [1.807, 2.05) is 18.2 Å². The second-order valence-corrected chi connectivity index (χ2v) is 8.98. The number of carbonyl (C=O) groups excluding carboxylic acids is 1. The zero-order chi connectivity index (χ0) is 24.1. The number of ether oxygens (including phenoxy) is 2. The first-order valence-electron chi connectivity index (χ1n) is 10.9. The largest absolute Gasteiger partial charge is 0.497 e. The normalized spacial score (nSPS) is 12.7. The Hall–Kier alpha value is -3.58. The van der Waals surface area contributed by atoms with E-state index in [4.69, 9.17) is 19.5 Å². The number of carbonyl (C=O) groups is 1. The monoisotopic (exact) mass is 473 g/mol. The molecule has 0 unspecified atom stereocenters. The Morgan fingerprint density at radius 2 is 1.65 bits per heavy atom. The Morgan fingerprint density at radius 1 is 0.941 bits per heavy atom. The second-order valence-electron chi connectivity index (χ2n) is 7.94. The number of nitrogens with one attached hydrogen (secondary N) is 1. The SMILES string of the molecule is COc1ccc(NC(=O)CSC2=Nc3cc(C)c(C)cc3N=C(c3ccccc3)C2)c(OC)c1. The molecule has 0 saturated carbocycles. The molecule has 3 aromatic carbocycles. The lowest BCUT2D eigenvalue weighted by Crippen LogP contribution is -2.16. The molecule has 1 aliphatic heterocycles. The highest BCUT2D eigenvalue weighted by molar-refractivity contribution is 8.14. The van der Waals surface area contributed by atoms with Crippen LogP contribution in [0, 0.1) is 13.8 Å². The highest BCUT2D eigenvalue weighted by Gasteiger charge is 2.18. The lowest BCUT2D eigenvalue weighted by molar-refractivity contribution is -0.113. The molecule has 1 amide bonds. The van der Waals surface area contributed by atoms with Crippen LogP contribution in [0.15, 0.2) is 70.6 Å². The van der Waals surface area contributed by atoms with Gasteiger partial charge >= 0.3 is 0 Å². The summed E-state index contributed by atoms with van der Waals surface area (Å²) < 4.78 is 10.6. The zero-order valence-corrected chi connectivity index (χ0v) is 20.5. The molecular formula is C27H27N3O3S. The van der Waals surface area contributed by atoms with Gasteiger partial charge in [-0.25, -0.2) is 4.99 Å². The third kappa shape index (κ3) is 5.48. The molecule has 0 aliphatic carbocycles. The fourth-order valence-corrected chi connectivity index (χ4v) is 4.36. The lowest BCUT2D eigenvalue weighted by atomic mass is 10.1. The number of nitrogens with zero attached hydrogens (tertiary/aromatic N) is 2. The van der Waals surface area contributed by atoms with Crippen LogP contribution in [0.1, 0.15) is 23.1 Å². The summed E-state index contributed by atoms with van der Waals surface area (Å²) in [6, 6.07) is 19.5. The van der Waals surface area contributed by atoms with Gasteiger partial charge in [-0.05, 0) is 54.8 Å². The maximum Gasteiger partial charge on any atom is 0.234 e. The molecule has 0 saturated heterocycles. The maximum absolute atomic E-state index is 12.8. The Kier molecular flexibility index (Phi) is 7.33. The average molecular weight is 474 g/mol.